The number of carbonyl (C=O) groups is 1. The molecule has 5 heteroatoms. The lowest BCUT2D eigenvalue weighted by molar-refractivity contribution is -0.138. The Balaban J connectivity index is 2.13. The van der Waals surface area contributed by atoms with Crippen LogP contribution in [-0.2, 0) is 15.6 Å². The van der Waals surface area contributed by atoms with E-state index in [1.165, 1.54) is 0 Å². The number of aliphatic hydroxyl groups is 1. The van der Waals surface area contributed by atoms with Crippen LogP contribution < -0.4 is 0 Å². The van der Waals surface area contributed by atoms with Gasteiger partial charge in [0, 0.05) is 19.6 Å². The highest BCUT2D eigenvalue weighted by atomic mass is 28.4. The van der Waals surface area contributed by atoms with Gasteiger partial charge in [0.15, 0.2) is 8.32 Å². The number of hydrogen-bond acceptors (Lipinski definition) is 3. The van der Waals surface area contributed by atoms with E-state index in [0.717, 1.165) is 11.1 Å². The first-order chi connectivity index (χ1) is 14.9. The van der Waals surface area contributed by atoms with Gasteiger partial charge in [-0.15, -0.1) is 0 Å². The Hall–Kier alpha value is -1.95. The number of benzene rings is 2. The summed E-state index contributed by atoms with van der Waals surface area (Å²) in [7, 11) is -0.0770. The third-order valence-electron chi connectivity index (χ3n) is 6.97. The molecule has 1 amide bonds. The first kappa shape index (κ1) is 26.3. The Labute approximate surface area is 195 Å². The van der Waals surface area contributed by atoms with Crippen molar-refractivity contribution in [3.63, 3.8) is 0 Å². The number of aliphatic hydroxyl groups excluding tert-OH is 1. The van der Waals surface area contributed by atoms with Crippen LogP contribution in [0.2, 0.25) is 18.1 Å². The smallest absolute Gasteiger partial charge is 0.226 e. The molecule has 2 aromatic carbocycles. The molecule has 3 atom stereocenters. The maximum Gasteiger partial charge on any atom is 0.226 e. The fourth-order valence-electron chi connectivity index (χ4n) is 3.51. The molecule has 3 unspecified atom stereocenters. The average Bonchev–Trinajstić information content (AvgIpc) is 2.76. The topological polar surface area (TPSA) is 49.8 Å². The Morgan fingerprint density at radius 3 is 2.09 bits per heavy atom. The van der Waals surface area contributed by atoms with Crippen molar-refractivity contribution in [2.45, 2.75) is 70.8 Å². The molecule has 1 N–H and O–H groups in total. The van der Waals surface area contributed by atoms with Crippen LogP contribution in [0.5, 0.6) is 0 Å². The summed E-state index contributed by atoms with van der Waals surface area (Å²) >= 11 is 0. The van der Waals surface area contributed by atoms with E-state index in [2.05, 4.69) is 46.0 Å². The van der Waals surface area contributed by atoms with Gasteiger partial charge >= 0.3 is 0 Å². The number of carbonyl (C=O) groups excluding carboxylic acids is 1. The van der Waals surface area contributed by atoms with E-state index in [1.54, 1.807) is 11.9 Å². The molecule has 32 heavy (non-hydrogen) atoms. The molecule has 0 saturated heterocycles. The van der Waals surface area contributed by atoms with Gasteiger partial charge in [0.2, 0.25) is 5.91 Å². The minimum absolute atomic E-state index is 0.0511. The molecule has 0 fully saturated rings. The predicted octanol–water partition coefficient (Wildman–Crippen LogP) is 5.84. The van der Waals surface area contributed by atoms with Gasteiger partial charge in [-0.2, -0.15) is 0 Å². The largest absolute Gasteiger partial charge is 0.417 e. The zero-order valence-electron chi connectivity index (χ0n) is 20.8. The van der Waals surface area contributed by atoms with Gasteiger partial charge in [-0.3, -0.25) is 4.79 Å². The summed E-state index contributed by atoms with van der Waals surface area (Å²) in [6, 6.07) is 19.3. The van der Waals surface area contributed by atoms with Crippen molar-refractivity contribution in [1.82, 2.24) is 4.90 Å². The van der Waals surface area contributed by atoms with E-state index in [9.17, 15) is 9.90 Å². The van der Waals surface area contributed by atoms with Gasteiger partial charge in [-0.25, -0.2) is 0 Å². The molecule has 0 radical (unpaired) electrons. The second-order valence-electron chi connectivity index (χ2n) is 10.3. The van der Waals surface area contributed by atoms with Gasteiger partial charge in [0.25, 0.3) is 0 Å². The summed E-state index contributed by atoms with van der Waals surface area (Å²) in [5.41, 5.74) is 1.96. The summed E-state index contributed by atoms with van der Waals surface area (Å²) in [4.78, 5) is 15.3. The highest BCUT2D eigenvalue weighted by molar-refractivity contribution is 6.74. The summed E-state index contributed by atoms with van der Waals surface area (Å²) < 4.78 is 6.39. The number of rotatable bonds is 10. The Morgan fingerprint density at radius 1 is 1.03 bits per heavy atom. The van der Waals surface area contributed by atoms with Gasteiger partial charge < -0.3 is 14.4 Å². The monoisotopic (exact) mass is 455 g/mol. The second kappa shape index (κ2) is 11.3. The van der Waals surface area contributed by atoms with Gasteiger partial charge in [-0.05, 0) is 49.0 Å². The number of nitrogens with zero attached hydrogens (tertiary/aromatic N) is 1. The fraction of sp³-hybridized carbons (Fsp3) is 0.519. The van der Waals surface area contributed by atoms with Crippen molar-refractivity contribution < 1.29 is 14.3 Å². The van der Waals surface area contributed by atoms with Crippen molar-refractivity contribution in [2.24, 2.45) is 5.92 Å². The van der Waals surface area contributed by atoms with Crippen molar-refractivity contribution in [2.75, 3.05) is 13.7 Å². The first-order valence-corrected chi connectivity index (χ1v) is 14.5. The Kier molecular flexibility index (Phi) is 9.25. The highest BCUT2D eigenvalue weighted by Crippen LogP contribution is 2.36. The van der Waals surface area contributed by atoms with Crippen LogP contribution in [0.4, 0.5) is 0 Å². The van der Waals surface area contributed by atoms with Crippen molar-refractivity contribution >= 4 is 14.2 Å². The molecular formula is C27H41NO3Si. The molecule has 0 bridgehead atoms. The standard InChI is InChI=1S/C27H41NO3Si/c1-21(25(29)23-16-12-9-13-17-23)28(5)26(30)24(20-22-14-10-8-11-15-22)18-19-31-32(6,7)27(2,3)4/h8-17,21,24-25,29H,18-20H2,1-7H3. The number of amides is 1. The van der Waals surface area contributed by atoms with Crippen LogP contribution in [0, 0.1) is 5.92 Å². The van der Waals surface area contributed by atoms with Gasteiger partial charge in [0.05, 0.1) is 12.1 Å². The van der Waals surface area contributed by atoms with Crippen LogP contribution >= 0.6 is 0 Å². The Morgan fingerprint density at radius 2 is 1.56 bits per heavy atom. The molecule has 0 aromatic heterocycles. The van der Waals surface area contributed by atoms with Crippen LogP contribution in [0.3, 0.4) is 0 Å². The van der Waals surface area contributed by atoms with Crippen LogP contribution in [0.25, 0.3) is 0 Å². The fourth-order valence-corrected chi connectivity index (χ4v) is 4.57. The normalized spacial score (nSPS) is 15.1. The number of likely N-dealkylation sites (N-methyl/N-ethyl adjacent to an activating group) is 1. The highest BCUT2D eigenvalue weighted by Gasteiger charge is 2.37. The lowest BCUT2D eigenvalue weighted by atomic mass is 9.93. The minimum Gasteiger partial charge on any atom is -0.417 e. The Bertz CT molecular complexity index is 833. The second-order valence-corrected chi connectivity index (χ2v) is 15.1. The molecule has 0 aliphatic carbocycles. The number of hydrogen-bond donors (Lipinski definition) is 1. The lowest BCUT2D eigenvalue weighted by Crippen LogP contribution is -2.44. The van der Waals surface area contributed by atoms with E-state index in [0.29, 0.717) is 19.4 Å². The van der Waals surface area contributed by atoms with Crippen molar-refractivity contribution in [3.05, 3.63) is 71.8 Å². The van der Waals surface area contributed by atoms with Gasteiger partial charge in [-0.1, -0.05) is 81.4 Å². The van der Waals surface area contributed by atoms with Crippen LogP contribution in [-0.4, -0.2) is 43.9 Å². The minimum atomic E-state index is -1.87. The first-order valence-electron chi connectivity index (χ1n) is 11.6. The molecule has 0 saturated carbocycles. The van der Waals surface area contributed by atoms with E-state index < -0.39 is 14.4 Å². The third-order valence-corrected chi connectivity index (χ3v) is 11.5. The SMILES string of the molecule is CC(C(O)c1ccccc1)N(C)C(=O)C(CCO[Si](C)(C)C(C)(C)C)Cc1ccccc1. The van der Waals surface area contributed by atoms with Crippen molar-refractivity contribution in [1.29, 1.82) is 0 Å². The lowest BCUT2D eigenvalue weighted by Gasteiger charge is -2.37. The predicted molar refractivity (Wildman–Crippen MR) is 135 cm³/mol. The molecule has 2 aromatic rings. The molecular weight excluding hydrogens is 414 g/mol. The average molecular weight is 456 g/mol. The van der Waals surface area contributed by atoms with E-state index in [4.69, 9.17) is 4.43 Å². The maximum absolute atomic E-state index is 13.5. The molecule has 2 rings (SSSR count). The van der Waals surface area contributed by atoms with E-state index in [1.807, 2.05) is 55.5 Å². The quantitative estimate of drug-likeness (QED) is 0.458. The molecule has 176 valence electrons. The zero-order chi connectivity index (χ0) is 23.9. The van der Waals surface area contributed by atoms with Crippen molar-refractivity contribution in [3.8, 4) is 0 Å². The molecule has 0 aliphatic heterocycles. The molecule has 0 spiro atoms. The van der Waals surface area contributed by atoms with Crippen LogP contribution in [0.1, 0.15) is 51.3 Å². The summed E-state index contributed by atoms with van der Waals surface area (Å²) in [6.07, 6.45) is 0.601. The zero-order valence-corrected chi connectivity index (χ0v) is 21.8. The molecule has 0 heterocycles. The summed E-state index contributed by atoms with van der Waals surface area (Å²) in [5, 5.41) is 11.0. The van der Waals surface area contributed by atoms with E-state index in [-0.39, 0.29) is 22.9 Å². The van der Waals surface area contributed by atoms with Gasteiger partial charge in [0.1, 0.15) is 0 Å². The molecule has 4 nitrogen and oxygen atoms in total. The van der Waals surface area contributed by atoms with E-state index >= 15 is 0 Å². The van der Waals surface area contributed by atoms with Crippen LogP contribution in [0.15, 0.2) is 60.7 Å². The molecule has 0 aliphatic rings. The summed E-state index contributed by atoms with van der Waals surface area (Å²) in [5.74, 6) is -0.146. The third kappa shape index (κ3) is 7.02. The maximum atomic E-state index is 13.5. The summed E-state index contributed by atoms with van der Waals surface area (Å²) in [6.45, 7) is 13.6.